The Bertz CT molecular complexity index is 1130. The second-order valence-corrected chi connectivity index (χ2v) is 10.3. The first kappa shape index (κ1) is 22.7. The molecule has 2 aromatic heterocycles. The molecule has 4 rings (SSSR count). The number of sulfonamides is 1. The van der Waals surface area contributed by atoms with Gasteiger partial charge in [0.1, 0.15) is 10.5 Å². The fourth-order valence-electron chi connectivity index (χ4n) is 4.00. The van der Waals surface area contributed by atoms with E-state index in [9.17, 15) is 27.1 Å². The van der Waals surface area contributed by atoms with Gasteiger partial charge in [0.05, 0.1) is 17.8 Å². The molecular formula is C19H23F2N5O5S. The number of hydrogen-bond donors (Lipinski definition) is 2. The lowest BCUT2D eigenvalue weighted by molar-refractivity contribution is -0.137. The molecule has 32 heavy (non-hydrogen) atoms. The fraction of sp³-hybridized carbons (Fsp3) is 0.579. The topological polar surface area (TPSA) is 139 Å². The largest absolute Gasteiger partial charge is 0.415 e. The maximum atomic E-state index is 13.3. The van der Waals surface area contributed by atoms with Crippen LogP contribution in [0.25, 0.3) is 11.5 Å². The van der Waals surface area contributed by atoms with E-state index in [2.05, 4.69) is 20.5 Å². The minimum Gasteiger partial charge on any atom is -0.415 e. The third-order valence-corrected chi connectivity index (χ3v) is 7.60. The van der Waals surface area contributed by atoms with Crippen molar-refractivity contribution >= 4 is 15.9 Å². The van der Waals surface area contributed by atoms with Crippen molar-refractivity contribution in [2.24, 2.45) is 0 Å². The summed E-state index contributed by atoms with van der Waals surface area (Å²) >= 11 is 0. The number of fused-ring (bicyclic) bond motifs is 1. The Balaban J connectivity index is 1.62. The summed E-state index contributed by atoms with van der Waals surface area (Å²) in [4.78, 5) is 16.4. The van der Waals surface area contributed by atoms with Gasteiger partial charge in [0, 0.05) is 18.3 Å². The van der Waals surface area contributed by atoms with Crippen molar-refractivity contribution in [3.8, 4) is 11.5 Å². The van der Waals surface area contributed by atoms with E-state index < -0.39 is 45.9 Å². The fourth-order valence-corrected chi connectivity index (χ4v) is 5.84. The Labute approximate surface area is 183 Å². The van der Waals surface area contributed by atoms with Crippen molar-refractivity contribution in [2.75, 3.05) is 0 Å². The first-order valence-corrected chi connectivity index (χ1v) is 11.6. The van der Waals surface area contributed by atoms with Crippen molar-refractivity contribution < 1.29 is 31.5 Å². The smallest absolute Gasteiger partial charge is 0.314 e. The summed E-state index contributed by atoms with van der Waals surface area (Å²) in [5, 5.41) is 19.5. The summed E-state index contributed by atoms with van der Waals surface area (Å²) in [5.41, 5.74) is -1.17. The van der Waals surface area contributed by atoms with Gasteiger partial charge in [-0.05, 0) is 32.8 Å². The van der Waals surface area contributed by atoms with Crippen LogP contribution in [0, 0.1) is 0 Å². The number of aromatic nitrogens is 3. The highest BCUT2D eigenvalue weighted by Crippen LogP contribution is 2.37. The summed E-state index contributed by atoms with van der Waals surface area (Å²) in [6.07, 6.45) is 1.08. The molecule has 0 unspecified atom stereocenters. The minimum absolute atomic E-state index is 0.0175. The summed E-state index contributed by atoms with van der Waals surface area (Å²) in [6, 6.07) is 0.315. The van der Waals surface area contributed by atoms with Crippen LogP contribution in [-0.4, -0.2) is 56.6 Å². The average molecular weight is 471 g/mol. The van der Waals surface area contributed by atoms with Crippen LogP contribution in [0.1, 0.15) is 57.5 Å². The monoisotopic (exact) mass is 471 g/mol. The van der Waals surface area contributed by atoms with Gasteiger partial charge in [-0.1, -0.05) is 12.8 Å². The number of nitrogens with one attached hydrogen (secondary N) is 1. The quantitative estimate of drug-likeness (QED) is 0.673. The predicted molar refractivity (Wildman–Crippen MR) is 106 cm³/mol. The Morgan fingerprint density at radius 2 is 2.03 bits per heavy atom. The standard InChI is InChI=1S/C19H23F2N5O5S/c1-19(2,28)18(27)23-11-5-3-4-6-13(11)26-9-12-14(32(26,29)30)7-10(8-22-12)16-24-25-17(31-16)15(20)21/h7-8,11,13,15,28H,3-6,9H2,1-2H3,(H,23,27)/t11-,13-/m1/s1. The van der Waals surface area contributed by atoms with Gasteiger partial charge in [0.25, 0.3) is 11.8 Å². The predicted octanol–water partition coefficient (Wildman–Crippen LogP) is 1.77. The number of carbonyl (C=O) groups is 1. The summed E-state index contributed by atoms with van der Waals surface area (Å²) in [7, 11) is -3.97. The number of carbonyl (C=O) groups excluding carboxylic acids is 1. The van der Waals surface area contributed by atoms with Crippen LogP contribution >= 0.6 is 0 Å². The molecule has 1 amide bonds. The van der Waals surface area contributed by atoms with Crippen LogP contribution in [0.5, 0.6) is 0 Å². The molecule has 0 spiro atoms. The third kappa shape index (κ3) is 4.11. The molecule has 174 valence electrons. The van der Waals surface area contributed by atoms with E-state index in [-0.39, 0.29) is 22.9 Å². The second-order valence-electron chi connectivity index (χ2n) is 8.46. The Hall–Kier alpha value is -2.51. The Morgan fingerprint density at radius 3 is 2.69 bits per heavy atom. The van der Waals surface area contributed by atoms with Gasteiger partial charge in [0.2, 0.25) is 15.9 Å². The lowest BCUT2D eigenvalue weighted by atomic mass is 9.89. The zero-order chi connectivity index (χ0) is 23.3. The van der Waals surface area contributed by atoms with E-state index >= 15 is 0 Å². The number of hydrogen-bond acceptors (Lipinski definition) is 8. The number of nitrogens with zero attached hydrogens (tertiary/aromatic N) is 4. The van der Waals surface area contributed by atoms with E-state index in [1.54, 1.807) is 0 Å². The molecule has 0 bridgehead atoms. The van der Waals surface area contributed by atoms with Crippen molar-refractivity contribution in [3.05, 3.63) is 23.8 Å². The number of halogens is 2. The molecule has 2 atom stereocenters. The first-order chi connectivity index (χ1) is 15.0. The molecule has 2 N–H and O–H groups in total. The van der Waals surface area contributed by atoms with E-state index in [1.807, 2.05) is 0 Å². The van der Waals surface area contributed by atoms with Crippen LogP contribution in [0.15, 0.2) is 21.6 Å². The van der Waals surface area contributed by atoms with E-state index in [0.29, 0.717) is 18.5 Å². The lowest BCUT2D eigenvalue weighted by Gasteiger charge is -2.38. The van der Waals surface area contributed by atoms with Crippen LogP contribution in [0.2, 0.25) is 0 Å². The maximum absolute atomic E-state index is 13.3. The molecule has 13 heteroatoms. The average Bonchev–Trinajstić information content (AvgIpc) is 3.31. The van der Waals surface area contributed by atoms with Gasteiger partial charge in [-0.3, -0.25) is 9.78 Å². The molecular weight excluding hydrogens is 448 g/mol. The molecule has 1 saturated carbocycles. The van der Waals surface area contributed by atoms with Gasteiger partial charge in [0.15, 0.2) is 0 Å². The van der Waals surface area contributed by atoms with E-state index in [0.717, 1.165) is 12.8 Å². The lowest BCUT2D eigenvalue weighted by Crippen LogP contribution is -2.56. The molecule has 3 heterocycles. The first-order valence-electron chi connectivity index (χ1n) is 10.1. The van der Waals surface area contributed by atoms with Gasteiger partial charge in [-0.2, -0.15) is 13.1 Å². The van der Waals surface area contributed by atoms with Crippen LogP contribution in [-0.2, 0) is 21.4 Å². The highest BCUT2D eigenvalue weighted by atomic mass is 32.2. The molecule has 0 saturated heterocycles. The minimum atomic E-state index is -3.97. The van der Waals surface area contributed by atoms with Gasteiger partial charge >= 0.3 is 6.43 Å². The number of rotatable bonds is 5. The number of aliphatic hydroxyl groups is 1. The Kier molecular flexibility index (Phi) is 5.75. The number of amides is 1. The molecule has 2 aliphatic rings. The summed E-state index contributed by atoms with van der Waals surface area (Å²) < 4.78 is 58.4. The normalized spacial score (nSPS) is 23.3. The van der Waals surface area contributed by atoms with Crippen molar-refractivity contribution in [3.63, 3.8) is 0 Å². The second kappa shape index (κ2) is 8.12. The van der Waals surface area contributed by atoms with Crippen molar-refractivity contribution in [1.82, 2.24) is 24.8 Å². The van der Waals surface area contributed by atoms with E-state index in [4.69, 9.17) is 4.42 Å². The highest BCUT2D eigenvalue weighted by Gasteiger charge is 2.45. The van der Waals surface area contributed by atoms with Gasteiger partial charge in [-0.25, -0.2) is 8.42 Å². The van der Waals surface area contributed by atoms with Gasteiger partial charge < -0.3 is 14.8 Å². The SMILES string of the molecule is CC(C)(O)C(=O)N[C@@H]1CCCC[C@H]1N1Cc2ncc(-c3nnc(C(F)F)o3)cc2S1(=O)=O. The Morgan fingerprint density at radius 1 is 1.31 bits per heavy atom. The van der Waals surface area contributed by atoms with E-state index in [1.165, 1.54) is 30.4 Å². The van der Waals surface area contributed by atoms with Crippen molar-refractivity contribution in [2.45, 2.75) is 75.1 Å². The summed E-state index contributed by atoms with van der Waals surface area (Å²) in [6.45, 7) is 2.75. The van der Waals surface area contributed by atoms with Gasteiger partial charge in [-0.15, -0.1) is 10.2 Å². The number of alkyl halides is 2. The zero-order valence-corrected chi connectivity index (χ0v) is 18.3. The molecule has 1 fully saturated rings. The van der Waals surface area contributed by atoms with Crippen molar-refractivity contribution in [1.29, 1.82) is 0 Å². The molecule has 1 aliphatic carbocycles. The highest BCUT2D eigenvalue weighted by molar-refractivity contribution is 7.89. The molecule has 2 aromatic rings. The van der Waals surface area contributed by atoms with Crippen LogP contribution in [0.3, 0.4) is 0 Å². The molecule has 10 nitrogen and oxygen atoms in total. The molecule has 0 radical (unpaired) electrons. The number of pyridine rings is 1. The van der Waals surface area contributed by atoms with Crippen LogP contribution in [0.4, 0.5) is 8.78 Å². The zero-order valence-electron chi connectivity index (χ0n) is 17.5. The van der Waals surface area contributed by atoms with Crippen LogP contribution < -0.4 is 5.32 Å². The maximum Gasteiger partial charge on any atom is 0.314 e. The summed E-state index contributed by atoms with van der Waals surface area (Å²) in [5.74, 6) is -1.69. The third-order valence-electron chi connectivity index (χ3n) is 5.67. The molecule has 0 aromatic carbocycles. The molecule has 1 aliphatic heterocycles.